The van der Waals surface area contributed by atoms with E-state index in [1.807, 2.05) is 0 Å². The van der Waals surface area contributed by atoms with Crippen LogP contribution in [0.1, 0.15) is 67.5 Å². The average Bonchev–Trinajstić information content (AvgIpc) is 3.62. The summed E-state index contributed by atoms with van der Waals surface area (Å²) in [4.78, 5) is 0. The molecule has 0 spiro atoms. The van der Waals surface area contributed by atoms with Gasteiger partial charge in [0.15, 0.2) is 0 Å². The molecule has 0 amide bonds. The second kappa shape index (κ2) is 22.0. The summed E-state index contributed by atoms with van der Waals surface area (Å²) in [5.41, 5.74) is 12.8. The van der Waals surface area contributed by atoms with Gasteiger partial charge in [-0.1, -0.05) is 87.0 Å². The molecule has 0 heterocycles. The van der Waals surface area contributed by atoms with E-state index in [-0.39, 0.29) is 24.8 Å². The van der Waals surface area contributed by atoms with Crippen LogP contribution in [-0.4, -0.2) is 4.21 Å². The van der Waals surface area contributed by atoms with Gasteiger partial charge in [-0.25, -0.2) is 6.08 Å². The minimum atomic E-state index is 0. The van der Waals surface area contributed by atoms with Crippen molar-refractivity contribution < 1.29 is 24.2 Å². The van der Waals surface area contributed by atoms with Crippen molar-refractivity contribution in [3.8, 4) is 11.1 Å². The van der Waals surface area contributed by atoms with Gasteiger partial charge in [-0.05, 0) is 37.0 Å². The Morgan fingerprint density at radius 3 is 1.65 bits per heavy atom. The van der Waals surface area contributed by atoms with E-state index in [0.717, 1.165) is 16.5 Å². The van der Waals surface area contributed by atoms with Crippen molar-refractivity contribution >= 4 is 52.2 Å². The first-order chi connectivity index (χ1) is 20.9. The van der Waals surface area contributed by atoms with E-state index in [1.165, 1.54) is 80.7 Å². The van der Waals surface area contributed by atoms with Gasteiger partial charge < -0.3 is 0 Å². The van der Waals surface area contributed by atoms with Gasteiger partial charge in [0, 0.05) is 0 Å². The topological polar surface area (TPSA) is 0 Å². The molecule has 4 aromatic rings. The van der Waals surface area contributed by atoms with Crippen LogP contribution in [0.4, 0.5) is 0 Å². The second-order valence-electron chi connectivity index (χ2n) is 11.9. The number of hydrogen-bond donors (Lipinski definition) is 0. The third-order valence-electron chi connectivity index (χ3n) is 7.49. The van der Waals surface area contributed by atoms with Gasteiger partial charge >= 0.3 is 28.4 Å². The van der Waals surface area contributed by atoms with E-state index in [1.54, 1.807) is 48.5 Å². The molecule has 5 heteroatoms. The zero-order valence-electron chi connectivity index (χ0n) is 28.3. The molecule has 0 bridgehead atoms. The first kappa shape index (κ1) is 44.3. The number of benzene rings is 4. The van der Waals surface area contributed by atoms with Crippen LogP contribution in [0.5, 0.6) is 0 Å². The van der Waals surface area contributed by atoms with Crippen LogP contribution in [-0.2, 0) is 30.7 Å². The molecule has 0 aromatic heterocycles. The van der Waals surface area contributed by atoms with Crippen LogP contribution in [0, 0.1) is 63.3 Å². The quantitative estimate of drug-likeness (QED) is 0.149. The average molecular weight is 772 g/mol. The summed E-state index contributed by atoms with van der Waals surface area (Å²) >= 11 is 12.3. The molecule has 0 aliphatic heterocycles. The van der Waals surface area contributed by atoms with Gasteiger partial charge in [-0.3, -0.25) is 6.08 Å². The molecule has 0 radical (unpaired) electrons. The summed E-state index contributed by atoms with van der Waals surface area (Å²) in [5.74, 6) is 0.573. The third-order valence-corrected chi connectivity index (χ3v) is 7.99. The Hall–Kier alpha value is -1.73. The molecule has 6 rings (SSSR count). The number of allylic oxidation sites excluding steroid dienone is 4. The van der Waals surface area contributed by atoms with Crippen molar-refractivity contribution in [1.82, 2.24) is 0 Å². The first-order valence-corrected chi connectivity index (χ1v) is 17.4. The van der Waals surface area contributed by atoms with Crippen molar-refractivity contribution in [3.05, 3.63) is 152 Å². The fraction of sp³-hybridized carbons (Fsp3) is 0.293. The number of hydrogen-bond acceptors (Lipinski definition) is 0. The van der Waals surface area contributed by atoms with Gasteiger partial charge in [0.05, 0.1) is 0 Å². The first-order valence-electron chi connectivity index (χ1n) is 14.9. The molecule has 1 atom stereocenters. The van der Waals surface area contributed by atoms with Gasteiger partial charge in [0.1, 0.15) is 0 Å². The fourth-order valence-corrected chi connectivity index (χ4v) is 4.84. The molecule has 0 N–H and O–H groups in total. The van der Waals surface area contributed by atoms with E-state index in [9.17, 15) is 0 Å². The Kier molecular flexibility index (Phi) is 21.2. The summed E-state index contributed by atoms with van der Waals surface area (Å²) in [6.45, 7) is 17.6. The van der Waals surface area contributed by atoms with Crippen molar-refractivity contribution in [2.45, 2.75) is 68.2 Å². The Bertz CT molecular complexity index is 1440. The Morgan fingerprint density at radius 1 is 0.783 bits per heavy atom. The van der Waals surface area contributed by atoms with Crippen LogP contribution >= 0.6 is 48.0 Å². The molecule has 0 saturated heterocycles. The number of halogens is 4. The Morgan fingerprint density at radius 2 is 1.26 bits per heavy atom. The molecular formula is C41H46Cl4Zr-4. The fourth-order valence-electron chi connectivity index (χ4n) is 4.59. The van der Waals surface area contributed by atoms with Crippen LogP contribution in [0.3, 0.4) is 0 Å². The van der Waals surface area contributed by atoms with Crippen molar-refractivity contribution in [1.29, 1.82) is 0 Å². The van der Waals surface area contributed by atoms with Gasteiger partial charge in [0.2, 0.25) is 0 Å². The van der Waals surface area contributed by atoms with Gasteiger partial charge in [-0.2, -0.15) is 95.6 Å². The molecule has 4 aromatic carbocycles. The standard InChI is InChI=1S/C17H17.C11H17.2C6H4Cl.CH2.2ClH.Zr/c1-10-5-14-9-15-6-11(2)13(4)8-17(15)16(14)7-12(10)3;1-5-9-6-7-10(8-9)11(2,3)4;2*7-6-4-2-1-3-5-6;;;;/h5,7-8H,9H2,1-4H3;7-9H,5H2,1-4H3;2*2-5H;1H2;2*1H;/q4*-1;;;;. The maximum atomic E-state index is 5.52. The molecule has 46 heavy (non-hydrogen) atoms. The summed E-state index contributed by atoms with van der Waals surface area (Å²) in [7, 11) is 0. The summed E-state index contributed by atoms with van der Waals surface area (Å²) in [6.07, 6.45) is 10.1. The molecule has 2 aliphatic rings. The van der Waals surface area contributed by atoms with E-state index in [4.69, 9.17) is 23.2 Å². The van der Waals surface area contributed by atoms with Crippen LogP contribution in [0.25, 0.3) is 11.1 Å². The van der Waals surface area contributed by atoms with Crippen LogP contribution in [0.2, 0.25) is 10.0 Å². The summed E-state index contributed by atoms with van der Waals surface area (Å²) < 4.78 is 3.34. The summed E-state index contributed by atoms with van der Waals surface area (Å²) in [6, 6.07) is 30.5. The van der Waals surface area contributed by atoms with Crippen LogP contribution < -0.4 is 0 Å². The predicted molar refractivity (Wildman–Crippen MR) is 204 cm³/mol. The van der Waals surface area contributed by atoms with E-state index in [0.29, 0.717) is 11.3 Å². The predicted octanol–water partition coefficient (Wildman–Crippen LogP) is 12.7. The summed E-state index contributed by atoms with van der Waals surface area (Å²) in [5, 5.41) is 1.53. The van der Waals surface area contributed by atoms with E-state index in [2.05, 4.69) is 114 Å². The van der Waals surface area contributed by atoms with Gasteiger partial charge in [-0.15, -0.1) is 59.1 Å². The van der Waals surface area contributed by atoms with Crippen molar-refractivity contribution in [3.63, 3.8) is 0 Å². The van der Waals surface area contributed by atoms with Crippen molar-refractivity contribution in [2.24, 2.45) is 11.3 Å². The molecule has 0 saturated carbocycles. The number of fused-ring (bicyclic) bond motifs is 3. The van der Waals surface area contributed by atoms with Crippen LogP contribution in [0.15, 0.2) is 84.5 Å². The molecule has 246 valence electrons. The van der Waals surface area contributed by atoms with Crippen molar-refractivity contribution in [2.75, 3.05) is 0 Å². The zero-order valence-corrected chi connectivity index (χ0v) is 33.9. The molecule has 1 unspecified atom stereocenters. The Balaban J connectivity index is 0.000000608. The maximum absolute atomic E-state index is 5.52. The van der Waals surface area contributed by atoms with Gasteiger partial charge in [0.25, 0.3) is 0 Å². The third kappa shape index (κ3) is 14.2. The molecule has 0 fully saturated rings. The van der Waals surface area contributed by atoms with E-state index < -0.39 is 0 Å². The minimum absolute atomic E-state index is 0. The monoisotopic (exact) mass is 768 g/mol. The molecular weight excluding hydrogens is 725 g/mol. The zero-order chi connectivity index (χ0) is 32.9. The van der Waals surface area contributed by atoms with E-state index >= 15 is 0 Å². The number of aryl methyl sites for hydroxylation is 4. The Labute approximate surface area is 316 Å². The second-order valence-corrected chi connectivity index (χ2v) is 12.7. The normalized spacial score (nSPS) is 13.1. The molecule has 0 nitrogen and oxygen atoms in total. The molecule has 2 aliphatic carbocycles. The number of rotatable bonds is 1. The SMILES string of the molecule is CCC1[C-]=CC(C(C)(C)C)=C1.Cc1[c-]c2c(cc1C)-c1cc(C)c(C)cc1C2.Cl.Cl.Clc1cc[c-]cc1.Clc1cc[c-]cc1.[CH2]=[Zr].